The van der Waals surface area contributed by atoms with Crippen LogP contribution in [0.5, 0.6) is 0 Å². The predicted molar refractivity (Wildman–Crippen MR) is 80.0 cm³/mol. The third kappa shape index (κ3) is 2.59. The molecule has 0 spiro atoms. The van der Waals surface area contributed by atoms with Gasteiger partial charge in [-0.1, -0.05) is 12.8 Å². The molecule has 2 saturated heterocycles. The Balaban J connectivity index is 1.71. The van der Waals surface area contributed by atoms with Crippen LogP contribution >= 0.6 is 11.8 Å². The fourth-order valence-electron chi connectivity index (χ4n) is 4.53. The lowest BCUT2D eigenvalue weighted by atomic mass is 9.77. The van der Waals surface area contributed by atoms with E-state index in [-0.39, 0.29) is 0 Å². The maximum absolute atomic E-state index is 6.15. The second kappa shape index (κ2) is 6.15. The fraction of sp³-hybridized carbons (Fsp3) is 1.00. The van der Waals surface area contributed by atoms with Crippen LogP contribution in [0.4, 0.5) is 0 Å². The Bertz CT molecular complexity index is 263. The summed E-state index contributed by atoms with van der Waals surface area (Å²) in [5, 5.41) is 0. The fourth-order valence-corrected chi connectivity index (χ4v) is 5.86. The van der Waals surface area contributed by atoms with Crippen molar-refractivity contribution in [3.8, 4) is 0 Å². The molecule has 0 bridgehead atoms. The molecule has 18 heavy (non-hydrogen) atoms. The first-order valence-electron chi connectivity index (χ1n) is 7.93. The maximum atomic E-state index is 6.15. The Morgan fingerprint density at radius 3 is 2.72 bits per heavy atom. The first kappa shape index (κ1) is 13.3. The van der Waals surface area contributed by atoms with Crippen molar-refractivity contribution in [3.63, 3.8) is 0 Å². The minimum Gasteiger partial charge on any atom is -0.329 e. The van der Waals surface area contributed by atoms with Crippen LogP contribution in [-0.2, 0) is 0 Å². The Morgan fingerprint density at radius 2 is 1.94 bits per heavy atom. The summed E-state index contributed by atoms with van der Waals surface area (Å²) in [7, 11) is 0. The Labute approximate surface area is 116 Å². The van der Waals surface area contributed by atoms with Crippen molar-refractivity contribution >= 4 is 11.8 Å². The smallest absolute Gasteiger partial charge is 0.0257 e. The number of likely N-dealkylation sites (tertiary alicyclic amines) is 1. The van der Waals surface area contributed by atoms with Crippen molar-refractivity contribution in [1.29, 1.82) is 0 Å². The molecule has 3 rings (SSSR count). The first-order chi connectivity index (χ1) is 8.90. The minimum atomic E-state index is 0.686. The molecule has 0 aromatic carbocycles. The number of rotatable bonds is 3. The minimum absolute atomic E-state index is 0.686. The molecular formula is C15H28N2S. The van der Waals surface area contributed by atoms with Gasteiger partial charge < -0.3 is 5.73 Å². The van der Waals surface area contributed by atoms with Gasteiger partial charge in [0, 0.05) is 18.6 Å². The summed E-state index contributed by atoms with van der Waals surface area (Å²) in [6.45, 7) is 2.21. The molecule has 3 heteroatoms. The van der Waals surface area contributed by atoms with Gasteiger partial charge in [0.1, 0.15) is 0 Å². The van der Waals surface area contributed by atoms with E-state index in [1.807, 2.05) is 0 Å². The molecule has 3 aliphatic rings. The van der Waals surface area contributed by atoms with E-state index in [0.29, 0.717) is 6.04 Å². The molecule has 2 heterocycles. The van der Waals surface area contributed by atoms with E-state index in [9.17, 15) is 0 Å². The predicted octanol–water partition coefficient (Wildman–Crippen LogP) is 2.72. The van der Waals surface area contributed by atoms with Crippen LogP contribution in [0.25, 0.3) is 0 Å². The normalized spacial score (nSPS) is 39.5. The molecule has 3 fully saturated rings. The molecule has 1 saturated carbocycles. The average Bonchev–Trinajstić information content (AvgIpc) is 2.94. The summed E-state index contributed by atoms with van der Waals surface area (Å²) < 4.78 is 0. The highest BCUT2D eigenvalue weighted by atomic mass is 32.2. The van der Waals surface area contributed by atoms with Gasteiger partial charge in [-0.15, -0.1) is 0 Å². The monoisotopic (exact) mass is 268 g/mol. The van der Waals surface area contributed by atoms with Gasteiger partial charge in [-0.3, -0.25) is 4.90 Å². The summed E-state index contributed by atoms with van der Waals surface area (Å²) in [6, 6.07) is 1.57. The lowest BCUT2D eigenvalue weighted by Gasteiger charge is -2.49. The number of hydrogen-bond acceptors (Lipinski definition) is 3. The highest BCUT2D eigenvalue weighted by Crippen LogP contribution is 2.39. The zero-order valence-electron chi connectivity index (χ0n) is 11.5. The van der Waals surface area contributed by atoms with Gasteiger partial charge in [0.2, 0.25) is 0 Å². The highest BCUT2D eigenvalue weighted by Gasteiger charge is 2.39. The van der Waals surface area contributed by atoms with Crippen LogP contribution in [-0.4, -0.2) is 41.6 Å². The number of nitrogens with zero attached hydrogens (tertiary/aromatic N) is 1. The molecule has 0 aromatic heterocycles. The SMILES string of the molecule is NCC(C1CCSC1)N1CCC[C@H]2CCCC[C@H]21. The Morgan fingerprint density at radius 1 is 1.11 bits per heavy atom. The number of piperidine rings is 1. The molecule has 0 radical (unpaired) electrons. The van der Waals surface area contributed by atoms with Gasteiger partial charge >= 0.3 is 0 Å². The summed E-state index contributed by atoms with van der Waals surface area (Å²) in [4.78, 5) is 2.85. The third-order valence-corrected chi connectivity index (χ3v) is 6.65. The summed E-state index contributed by atoms with van der Waals surface area (Å²) in [6.07, 6.45) is 10.2. The number of fused-ring (bicyclic) bond motifs is 1. The van der Waals surface area contributed by atoms with E-state index in [0.717, 1.165) is 24.4 Å². The van der Waals surface area contributed by atoms with Crippen molar-refractivity contribution in [1.82, 2.24) is 4.90 Å². The van der Waals surface area contributed by atoms with Gasteiger partial charge in [-0.05, 0) is 62.0 Å². The van der Waals surface area contributed by atoms with Gasteiger partial charge in [-0.2, -0.15) is 11.8 Å². The van der Waals surface area contributed by atoms with E-state index >= 15 is 0 Å². The lowest BCUT2D eigenvalue weighted by Crippen LogP contribution is -2.56. The van der Waals surface area contributed by atoms with E-state index in [1.165, 1.54) is 63.0 Å². The van der Waals surface area contributed by atoms with E-state index in [2.05, 4.69) is 16.7 Å². The number of nitrogens with two attached hydrogens (primary N) is 1. The van der Waals surface area contributed by atoms with Crippen molar-refractivity contribution in [2.45, 2.75) is 57.0 Å². The van der Waals surface area contributed by atoms with Crippen molar-refractivity contribution in [2.24, 2.45) is 17.6 Å². The zero-order valence-corrected chi connectivity index (χ0v) is 12.3. The number of thioether (sulfide) groups is 1. The highest BCUT2D eigenvalue weighted by molar-refractivity contribution is 7.99. The molecule has 2 N–H and O–H groups in total. The summed E-state index contributed by atoms with van der Waals surface area (Å²) >= 11 is 2.14. The van der Waals surface area contributed by atoms with Crippen LogP contribution in [0.15, 0.2) is 0 Å². The van der Waals surface area contributed by atoms with Gasteiger partial charge in [0.15, 0.2) is 0 Å². The van der Waals surface area contributed by atoms with E-state index < -0.39 is 0 Å². The molecule has 2 nitrogen and oxygen atoms in total. The van der Waals surface area contributed by atoms with Crippen LogP contribution in [0.3, 0.4) is 0 Å². The molecular weight excluding hydrogens is 240 g/mol. The van der Waals surface area contributed by atoms with Gasteiger partial charge in [-0.25, -0.2) is 0 Å². The quantitative estimate of drug-likeness (QED) is 0.853. The van der Waals surface area contributed by atoms with Crippen LogP contribution in [0.1, 0.15) is 44.9 Å². The van der Waals surface area contributed by atoms with Gasteiger partial charge in [0.25, 0.3) is 0 Å². The lowest BCUT2D eigenvalue weighted by molar-refractivity contribution is 0.0116. The Hall–Kier alpha value is 0.270. The average molecular weight is 268 g/mol. The molecule has 0 amide bonds. The zero-order chi connectivity index (χ0) is 12.4. The van der Waals surface area contributed by atoms with E-state index in [1.54, 1.807) is 0 Å². The molecule has 104 valence electrons. The summed E-state index contributed by atoms with van der Waals surface area (Å²) in [5.74, 6) is 4.59. The van der Waals surface area contributed by atoms with Crippen molar-refractivity contribution in [2.75, 3.05) is 24.6 Å². The molecule has 2 aliphatic heterocycles. The second-order valence-electron chi connectivity index (χ2n) is 6.42. The molecule has 2 unspecified atom stereocenters. The molecule has 4 atom stereocenters. The van der Waals surface area contributed by atoms with Crippen molar-refractivity contribution < 1.29 is 0 Å². The summed E-state index contributed by atoms with van der Waals surface area (Å²) in [5.41, 5.74) is 6.15. The standard InChI is InChI=1S/C15H28N2S/c16-10-15(13-7-9-18-11-13)17-8-3-5-12-4-1-2-6-14(12)17/h12-15H,1-11,16H2/t12-,13?,14-,15?/m1/s1. The van der Waals surface area contributed by atoms with Crippen molar-refractivity contribution in [3.05, 3.63) is 0 Å². The third-order valence-electron chi connectivity index (χ3n) is 5.46. The second-order valence-corrected chi connectivity index (χ2v) is 7.57. The Kier molecular flexibility index (Phi) is 4.53. The molecule has 1 aliphatic carbocycles. The maximum Gasteiger partial charge on any atom is 0.0257 e. The van der Waals surface area contributed by atoms with E-state index in [4.69, 9.17) is 5.73 Å². The largest absolute Gasteiger partial charge is 0.329 e. The van der Waals surface area contributed by atoms with Crippen LogP contribution in [0.2, 0.25) is 0 Å². The van der Waals surface area contributed by atoms with Gasteiger partial charge in [0.05, 0.1) is 0 Å². The topological polar surface area (TPSA) is 29.3 Å². The number of hydrogen-bond donors (Lipinski definition) is 1. The molecule has 0 aromatic rings. The first-order valence-corrected chi connectivity index (χ1v) is 9.09. The van der Waals surface area contributed by atoms with Crippen LogP contribution in [0, 0.1) is 11.8 Å². The van der Waals surface area contributed by atoms with Crippen LogP contribution < -0.4 is 5.73 Å².